The van der Waals surface area contributed by atoms with Gasteiger partial charge in [0, 0.05) is 19.0 Å². The van der Waals surface area contributed by atoms with E-state index >= 15 is 0 Å². The van der Waals surface area contributed by atoms with E-state index < -0.39 is 80.7 Å². The summed E-state index contributed by atoms with van der Waals surface area (Å²) < 4.78 is 10.4. The Balaban J connectivity index is 2.74. The molecule has 13 nitrogen and oxygen atoms in total. The van der Waals surface area contributed by atoms with E-state index in [2.05, 4.69) is 17.2 Å². The zero-order valence-corrected chi connectivity index (χ0v) is 16.3. The van der Waals surface area contributed by atoms with E-state index in [9.17, 15) is 45.6 Å². The first-order valence-corrected chi connectivity index (χ1v) is 9.38. The minimum atomic E-state index is -1.97. The molecule has 1 aliphatic heterocycles. The molecule has 0 aliphatic carbocycles. The largest absolute Gasteiger partial charge is 0.394 e. The van der Waals surface area contributed by atoms with Gasteiger partial charge in [-0.2, -0.15) is 0 Å². The van der Waals surface area contributed by atoms with Crippen LogP contribution in [-0.4, -0.2) is 129 Å². The molecule has 0 saturated carbocycles. The smallest absolute Gasteiger partial charge is 0.251 e. The molecular formula is C17H32N2O11. The van der Waals surface area contributed by atoms with Gasteiger partial charge < -0.3 is 61.0 Å². The van der Waals surface area contributed by atoms with E-state index in [4.69, 9.17) is 9.47 Å². The quantitative estimate of drug-likeness (QED) is 0.121. The van der Waals surface area contributed by atoms with Crippen molar-refractivity contribution in [2.75, 3.05) is 32.9 Å². The molecule has 0 unspecified atom stereocenters. The average molecular weight is 440 g/mol. The molecular weight excluding hydrogens is 408 g/mol. The highest BCUT2D eigenvalue weighted by atomic mass is 16.7. The minimum Gasteiger partial charge on any atom is -0.394 e. The van der Waals surface area contributed by atoms with E-state index in [0.29, 0.717) is 6.54 Å². The molecule has 176 valence electrons. The average Bonchev–Trinajstić information content (AvgIpc) is 2.75. The predicted molar refractivity (Wildman–Crippen MR) is 99.5 cm³/mol. The summed E-state index contributed by atoms with van der Waals surface area (Å²) in [7, 11) is 0. The van der Waals surface area contributed by atoms with Crippen LogP contribution in [0.4, 0.5) is 0 Å². The third-order valence-electron chi connectivity index (χ3n) is 4.73. The Hall–Kier alpha value is -1.39. The van der Waals surface area contributed by atoms with Gasteiger partial charge >= 0.3 is 0 Å². The highest BCUT2D eigenvalue weighted by Crippen LogP contribution is 2.24. The Morgan fingerprint density at radius 3 is 2.33 bits per heavy atom. The normalized spacial score (nSPS) is 30.7. The van der Waals surface area contributed by atoms with Crippen molar-refractivity contribution in [1.82, 2.24) is 10.6 Å². The van der Waals surface area contributed by atoms with E-state index in [1.807, 2.05) is 0 Å². The predicted octanol–water partition coefficient (Wildman–Crippen LogP) is -5.66. The molecule has 1 rings (SSSR count). The van der Waals surface area contributed by atoms with Crippen LogP contribution in [0.25, 0.3) is 0 Å². The van der Waals surface area contributed by atoms with Crippen molar-refractivity contribution in [2.24, 2.45) is 5.92 Å². The summed E-state index contributed by atoms with van der Waals surface area (Å²) in [6.07, 6.45) is -11.9. The van der Waals surface area contributed by atoms with Crippen LogP contribution in [0.15, 0.2) is 12.8 Å². The van der Waals surface area contributed by atoms with Crippen LogP contribution in [0.2, 0.25) is 0 Å². The van der Waals surface area contributed by atoms with Crippen molar-refractivity contribution < 1.29 is 55.1 Å². The van der Waals surface area contributed by atoms with Crippen LogP contribution in [0, 0.1) is 5.92 Å². The summed E-state index contributed by atoms with van der Waals surface area (Å²) in [6.45, 7) is 1.72. The highest BCUT2D eigenvalue weighted by molar-refractivity contribution is 5.81. The zero-order chi connectivity index (χ0) is 22.8. The fourth-order valence-electron chi connectivity index (χ4n) is 2.84. The van der Waals surface area contributed by atoms with Gasteiger partial charge in [-0.05, 0) is 6.20 Å². The summed E-state index contributed by atoms with van der Waals surface area (Å²) in [5.74, 6) is -2.33. The summed E-state index contributed by atoms with van der Waals surface area (Å²) in [5.41, 5.74) is 0. The summed E-state index contributed by atoms with van der Waals surface area (Å²) in [6, 6.07) is 0. The lowest BCUT2D eigenvalue weighted by Crippen LogP contribution is -2.59. The van der Waals surface area contributed by atoms with Crippen molar-refractivity contribution in [2.45, 2.75) is 49.0 Å². The standard InChI is InChI=1S/C17H32N2O11/c1-2-18-3-4-19-16(28)14(26)11(23)8(9(22)5-20)7-29-17-15(27)13(25)12(24)10(6-21)30-17/h2,8-15,17-18,20-27H,1,3-7H2,(H,19,28)/t8-,9-,10+,11+,12-,13-,14-,15+,17+/m0/s1. The second kappa shape index (κ2) is 13.1. The lowest BCUT2D eigenvalue weighted by atomic mass is 9.92. The number of hydrogen-bond donors (Lipinski definition) is 10. The summed E-state index contributed by atoms with van der Waals surface area (Å²) in [5, 5.41) is 83.3. The fraction of sp³-hybridized carbons (Fsp3) is 0.824. The summed E-state index contributed by atoms with van der Waals surface area (Å²) >= 11 is 0. The molecule has 0 radical (unpaired) electrons. The number of nitrogens with one attached hydrogen (secondary N) is 2. The van der Waals surface area contributed by atoms with Gasteiger partial charge in [-0.15, -0.1) is 0 Å². The van der Waals surface area contributed by atoms with E-state index in [-0.39, 0.29) is 6.54 Å². The monoisotopic (exact) mass is 440 g/mol. The molecule has 0 spiro atoms. The van der Waals surface area contributed by atoms with Gasteiger partial charge in [0.1, 0.15) is 24.4 Å². The van der Waals surface area contributed by atoms with Crippen molar-refractivity contribution in [3.8, 4) is 0 Å². The lowest BCUT2D eigenvalue weighted by molar-refractivity contribution is -0.306. The molecule has 13 heteroatoms. The molecule has 1 aliphatic rings. The van der Waals surface area contributed by atoms with Crippen LogP contribution in [-0.2, 0) is 14.3 Å². The number of amides is 1. The first-order chi connectivity index (χ1) is 14.2. The molecule has 0 aromatic carbocycles. The van der Waals surface area contributed by atoms with Crippen LogP contribution in [0.3, 0.4) is 0 Å². The second-order valence-corrected chi connectivity index (χ2v) is 6.83. The number of ether oxygens (including phenoxy) is 2. The Bertz CT molecular complexity index is 524. The number of hydrogen-bond acceptors (Lipinski definition) is 12. The van der Waals surface area contributed by atoms with Gasteiger partial charge in [0.15, 0.2) is 12.4 Å². The Labute approximate surface area is 173 Å². The fourth-order valence-corrected chi connectivity index (χ4v) is 2.84. The number of aliphatic hydroxyl groups is 8. The van der Waals surface area contributed by atoms with Crippen molar-refractivity contribution in [3.05, 3.63) is 12.8 Å². The second-order valence-electron chi connectivity index (χ2n) is 6.83. The van der Waals surface area contributed by atoms with Gasteiger partial charge in [-0.25, -0.2) is 0 Å². The molecule has 0 bridgehead atoms. The van der Waals surface area contributed by atoms with Gasteiger partial charge in [0.25, 0.3) is 5.91 Å². The van der Waals surface area contributed by atoms with Crippen molar-refractivity contribution in [1.29, 1.82) is 0 Å². The SMILES string of the molecule is C=CNCCNC(=O)[C@@H](O)[C@H](O)[C@@H](CO[C@@H]1O[C@H](CO)[C@H](O)[C@H](O)[C@H]1O)[C@@H](O)CO. The molecule has 30 heavy (non-hydrogen) atoms. The van der Waals surface area contributed by atoms with Crippen LogP contribution in [0.5, 0.6) is 0 Å². The first-order valence-electron chi connectivity index (χ1n) is 9.38. The lowest BCUT2D eigenvalue weighted by Gasteiger charge is -2.40. The summed E-state index contributed by atoms with van der Waals surface area (Å²) in [4.78, 5) is 12.0. The molecule has 1 fully saturated rings. The van der Waals surface area contributed by atoms with E-state index in [1.165, 1.54) is 6.20 Å². The third-order valence-corrected chi connectivity index (χ3v) is 4.73. The Morgan fingerprint density at radius 2 is 1.77 bits per heavy atom. The van der Waals surface area contributed by atoms with Gasteiger partial charge in [0.05, 0.1) is 32.0 Å². The van der Waals surface area contributed by atoms with Gasteiger partial charge in [-0.3, -0.25) is 4.79 Å². The van der Waals surface area contributed by atoms with Crippen molar-refractivity contribution >= 4 is 5.91 Å². The van der Waals surface area contributed by atoms with Gasteiger partial charge in [0.2, 0.25) is 0 Å². The zero-order valence-electron chi connectivity index (χ0n) is 16.3. The van der Waals surface area contributed by atoms with Crippen LogP contribution >= 0.6 is 0 Å². The van der Waals surface area contributed by atoms with E-state index in [1.54, 1.807) is 0 Å². The minimum absolute atomic E-state index is 0.114. The van der Waals surface area contributed by atoms with Crippen LogP contribution in [0.1, 0.15) is 0 Å². The third kappa shape index (κ3) is 7.09. The molecule has 1 saturated heterocycles. The van der Waals surface area contributed by atoms with Crippen molar-refractivity contribution in [3.63, 3.8) is 0 Å². The molecule has 1 amide bonds. The number of carbonyl (C=O) groups excluding carboxylic acids is 1. The number of carbonyl (C=O) groups is 1. The van der Waals surface area contributed by atoms with Crippen LogP contribution < -0.4 is 10.6 Å². The maximum absolute atomic E-state index is 12.0. The Morgan fingerprint density at radius 1 is 1.10 bits per heavy atom. The molecule has 10 N–H and O–H groups in total. The van der Waals surface area contributed by atoms with E-state index in [0.717, 1.165) is 0 Å². The number of rotatable bonds is 13. The molecule has 0 aromatic rings. The topological polar surface area (TPSA) is 221 Å². The molecule has 9 atom stereocenters. The maximum atomic E-state index is 12.0. The Kier molecular flexibility index (Phi) is 11.6. The maximum Gasteiger partial charge on any atom is 0.251 e. The number of aliphatic hydroxyl groups excluding tert-OH is 8. The molecule has 0 aromatic heterocycles. The first kappa shape index (κ1) is 26.6. The molecule has 1 heterocycles. The van der Waals surface area contributed by atoms with Gasteiger partial charge in [-0.1, -0.05) is 6.58 Å². The highest BCUT2D eigenvalue weighted by Gasteiger charge is 2.45.